The van der Waals surface area contributed by atoms with Gasteiger partial charge in [-0.15, -0.1) is 0 Å². The normalized spacial score (nSPS) is 10.2. The van der Waals surface area contributed by atoms with Crippen molar-refractivity contribution < 1.29 is 14.3 Å². The number of urea groups is 1. The molecular weight excluding hydrogens is 356 g/mol. The second kappa shape index (κ2) is 8.88. The van der Waals surface area contributed by atoms with Gasteiger partial charge in [-0.1, -0.05) is 18.2 Å². The monoisotopic (exact) mass is 378 g/mol. The highest BCUT2D eigenvalue weighted by Crippen LogP contribution is 2.25. The molecule has 3 aromatic rings. The van der Waals surface area contributed by atoms with Gasteiger partial charge in [-0.2, -0.15) is 0 Å². The van der Waals surface area contributed by atoms with Gasteiger partial charge in [-0.3, -0.25) is 5.43 Å². The first-order valence-electron chi connectivity index (χ1n) is 8.71. The number of hydrogen-bond acceptors (Lipinski definition) is 5. The molecule has 0 aliphatic carbocycles. The molecular formula is C21H22N4O3. The SMILES string of the molecule is COc1ccc(-c2cccc(OCc3c(C)cccc3NC(=O)NN)n2)cc1. The van der Waals surface area contributed by atoms with Gasteiger partial charge in [0.1, 0.15) is 12.4 Å². The minimum Gasteiger partial charge on any atom is -0.497 e. The van der Waals surface area contributed by atoms with Crippen molar-refractivity contribution >= 4 is 11.7 Å². The average Bonchev–Trinajstić information content (AvgIpc) is 2.73. The fraction of sp³-hybridized carbons (Fsp3) is 0.143. The second-order valence-electron chi connectivity index (χ2n) is 6.08. The molecule has 2 aromatic carbocycles. The number of nitrogens with two attached hydrogens (primary N) is 1. The van der Waals surface area contributed by atoms with Crippen LogP contribution in [0.1, 0.15) is 11.1 Å². The predicted octanol–water partition coefficient (Wildman–Crippen LogP) is 3.64. The Morgan fingerprint density at radius 1 is 1.07 bits per heavy atom. The molecule has 0 bridgehead atoms. The van der Waals surface area contributed by atoms with E-state index in [1.54, 1.807) is 19.2 Å². The molecule has 0 fully saturated rings. The number of hydrazine groups is 1. The Morgan fingerprint density at radius 2 is 1.82 bits per heavy atom. The zero-order valence-electron chi connectivity index (χ0n) is 15.7. The van der Waals surface area contributed by atoms with E-state index < -0.39 is 6.03 Å². The summed E-state index contributed by atoms with van der Waals surface area (Å²) in [6.45, 7) is 2.21. The quantitative estimate of drug-likeness (QED) is 0.346. The van der Waals surface area contributed by atoms with Gasteiger partial charge < -0.3 is 14.8 Å². The maximum Gasteiger partial charge on any atom is 0.333 e. The maximum atomic E-state index is 11.6. The highest BCUT2D eigenvalue weighted by Gasteiger charge is 2.10. The van der Waals surface area contributed by atoms with Crippen LogP contribution in [0, 0.1) is 6.92 Å². The smallest absolute Gasteiger partial charge is 0.333 e. The molecule has 3 rings (SSSR count). The largest absolute Gasteiger partial charge is 0.497 e. The lowest BCUT2D eigenvalue weighted by atomic mass is 10.1. The average molecular weight is 378 g/mol. The Hall–Kier alpha value is -3.58. The third-order valence-electron chi connectivity index (χ3n) is 4.26. The lowest BCUT2D eigenvalue weighted by Gasteiger charge is -2.14. The van der Waals surface area contributed by atoms with Gasteiger partial charge in [0.05, 0.1) is 12.8 Å². The summed E-state index contributed by atoms with van der Waals surface area (Å²) < 4.78 is 11.1. The van der Waals surface area contributed by atoms with Crippen molar-refractivity contribution in [3.05, 3.63) is 71.8 Å². The number of nitrogens with one attached hydrogen (secondary N) is 2. The summed E-state index contributed by atoms with van der Waals surface area (Å²) >= 11 is 0. The minimum absolute atomic E-state index is 0.256. The molecule has 1 heterocycles. The number of carbonyl (C=O) groups is 1. The van der Waals surface area contributed by atoms with Gasteiger partial charge in [0, 0.05) is 22.9 Å². The van der Waals surface area contributed by atoms with Crippen molar-refractivity contribution in [3.63, 3.8) is 0 Å². The zero-order valence-corrected chi connectivity index (χ0v) is 15.7. The number of amides is 2. The molecule has 0 spiro atoms. The summed E-state index contributed by atoms with van der Waals surface area (Å²) in [5.41, 5.74) is 6.29. The summed E-state index contributed by atoms with van der Waals surface area (Å²) in [6.07, 6.45) is 0. The second-order valence-corrected chi connectivity index (χ2v) is 6.08. The number of carbonyl (C=O) groups excluding carboxylic acids is 1. The highest BCUT2D eigenvalue weighted by molar-refractivity contribution is 5.89. The maximum absolute atomic E-state index is 11.6. The van der Waals surface area contributed by atoms with E-state index in [9.17, 15) is 4.79 Å². The first-order chi connectivity index (χ1) is 13.6. The first kappa shape index (κ1) is 19.2. The summed E-state index contributed by atoms with van der Waals surface area (Å²) in [7, 11) is 1.63. The molecule has 0 aliphatic rings. The Labute approximate surface area is 163 Å². The third kappa shape index (κ3) is 4.57. The summed E-state index contributed by atoms with van der Waals surface area (Å²) in [4.78, 5) is 16.1. The number of nitrogens with zero attached hydrogens (tertiary/aromatic N) is 1. The predicted molar refractivity (Wildman–Crippen MR) is 108 cm³/mol. The Morgan fingerprint density at radius 3 is 2.54 bits per heavy atom. The summed E-state index contributed by atoms with van der Waals surface area (Å²) in [5, 5.41) is 2.70. The van der Waals surface area contributed by atoms with Crippen molar-refractivity contribution in [3.8, 4) is 22.9 Å². The molecule has 28 heavy (non-hydrogen) atoms. The van der Waals surface area contributed by atoms with E-state index in [0.29, 0.717) is 11.6 Å². The molecule has 0 aliphatic heterocycles. The summed E-state index contributed by atoms with van der Waals surface area (Å²) in [6, 6.07) is 18.4. The molecule has 4 N–H and O–H groups in total. The Bertz CT molecular complexity index is 958. The van der Waals surface area contributed by atoms with Crippen LogP contribution >= 0.6 is 0 Å². The fourth-order valence-electron chi connectivity index (χ4n) is 2.73. The molecule has 1 aromatic heterocycles. The van der Waals surface area contributed by atoms with Crippen LogP contribution < -0.4 is 26.1 Å². The lowest BCUT2D eigenvalue weighted by Crippen LogP contribution is -2.34. The van der Waals surface area contributed by atoms with Crippen LogP contribution in [0.5, 0.6) is 11.6 Å². The van der Waals surface area contributed by atoms with Crippen molar-refractivity contribution in [2.75, 3.05) is 12.4 Å². The van der Waals surface area contributed by atoms with E-state index in [4.69, 9.17) is 15.3 Å². The fourth-order valence-corrected chi connectivity index (χ4v) is 2.73. The standard InChI is InChI=1S/C21H22N4O3/c1-14-5-3-7-19(24-21(26)25-22)17(14)13-28-20-8-4-6-18(23-20)15-9-11-16(27-2)12-10-15/h3-12H,13,22H2,1-2H3,(H2,24,25,26). The van der Waals surface area contributed by atoms with E-state index in [1.165, 1.54) is 0 Å². The molecule has 7 heteroatoms. The van der Waals surface area contributed by atoms with E-state index in [-0.39, 0.29) is 6.61 Å². The van der Waals surface area contributed by atoms with E-state index in [1.807, 2.05) is 55.5 Å². The number of aromatic nitrogens is 1. The molecule has 0 radical (unpaired) electrons. The van der Waals surface area contributed by atoms with Crippen LogP contribution in [0.25, 0.3) is 11.3 Å². The Kier molecular flexibility index (Phi) is 6.08. The number of ether oxygens (including phenoxy) is 2. The third-order valence-corrected chi connectivity index (χ3v) is 4.26. The summed E-state index contributed by atoms with van der Waals surface area (Å²) in [5.74, 6) is 6.43. The van der Waals surface area contributed by atoms with E-state index >= 15 is 0 Å². The van der Waals surface area contributed by atoms with Crippen molar-refractivity contribution in [2.45, 2.75) is 13.5 Å². The number of anilines is 1. The van der Waals surface area contributed by atoms with Crippen LogP contribution in [-0.4, -0.2) is 18.1 Å². The van der Waals surface area contributed by atoms with Gasteiger partial charge in [0.2, 0.25) is 5.88 Å². The highest BCUT2D eigenvalue weighted by atomic mass is 16.5. The minimum atomic E-state index is -0.494. The lowest BCUT2D eigenvalue weighted by molar-refractivity contribution is 0.252. The zero-order chi connectivity index (χ0) is 19.9. The van der Waals surface area contributed by atoms with E-state index in [0.717, 1.165) is 28.1 Å². The van der Waals surface area contributed by atoms with Crippen LogP contribution in [0.2, 0.25) is 0 Å². The molecule has 144 valence electrons. The van der Waals surface area contributed by atoms with Gasteiger partial charge in [-0.05, 0) is 48.9 Å². The Balaban J connectivity index is 1.77. The van der Waals surface area contributed by atoms with Gasteiger partial charge in [-0.25, -0.2) is 15.6 Å². The topological polar surface area (TPSA) is 98.5 Å². The van der Waals surface area contributed by atoms with Crippen LogP contribution in [0.15, 0.2) is 60.7 Å². The number of benzene rings is 2. The van der Waals surface area contributed by atoms with Gasteiger partial charge in [0.15, 0.2) is 0 Å². The molecule has 0 saturated heterocycles. The number of rotatable bonds is 6. The molecule has 0 atom stereocenters. The van der Waals surface area contributed by atoms with Crippen LogP contribution in [-0.2, 0) is 6.61 Å². The molecule has 0 saturated carbocycles. The molecule has 0 unspecified atom stereocenters. The number of aryl methyl sites for hydroxylation is 1. The number of pyridine rings is 1. The van der Waals surface area contributed by atoms with Crippen LogP contribution in [0.4, 0.5) is 10.5 Å². The number of hydrogen-bond donors (Lipinski definition) is 3. The molecule has 7 nitrogen and oxygen atoms in total. The van der Waals surface area contributed by atoms with Crippen molar-refractivity contribution in [1.82, 2.24) is 10.4 Å². The van der Waals surface area contributed by atoms with Crippen LogP contribution in [0.3, 0.4) is 0 Å². The van der Waals surface area contributed by atoms with Crippen molar-refractivity contribution in [1.29, 1.82) is 0 Å². The number of methoxy groups -OCH3 is 1. The molecule has 2 amide bonds. The van der Waals surface area contributed by atoms with Crippen molar-refractivity contribution in [2.24, 2.45) is 5.84 Å². The van der Waals surface area contributed by atoms with E-state index in [2.05, 4.69) is 15.7 Å². The van der Waals surface area contributed by atoms with Gasteiger partial charge >= 0.3 is 6.03 Å². The first-order valence-corrected chi connectivity index (χ1v) is 8.71. The van der Waals surface area contributed by atoms with Gasteiger partial charge in [0.25, 0.3) is 0 Å².